The van der Waals surface area contributed by atoms with Crippen LogP contribution < -0.4 is 0 Å². The van der Waals surface area contributed by atoms with E-state index in [1.807, 2.05) is 13.8 Å². The van der Waals surface area contributed by atoms with Crippen molar-refractivity contribution in [1.29, 1.82) is 0 Å². The van der Waals surface area contributed by atoms with Gasteiger partial charge in [-0.15, -0.1) is 11.6 Å². The minimum Gasteiger partial charge on any atom is -0.210 e. The zero-order valence-electron chi connectivity index (χ0n) is 7.48. The second-order valence-electron chi connectivity index (χ2n) is 2.77. The van der Waals surface area contributed by atoms with Crippen LogP contribution in [0.5, 0.6) is 0 Å². The molecule has 0 aromatic carbocycles. The number of halogens is 2. The summed E-state index contributed by atoms with van der Waals surface area (Å²) in [7, 11) is 0. The lowest BCUT2D eigenvalue weighted by molar-refractivity contribution is 0.643. The number of rotatable bonds is 4. The second kappa shape index (κ2) is 6.01. The molecular formula is C10H14ClF. The Morgan fingerprint density at radius 1 is 1.50 bits per heavy atom. The molecule has 0 heterocycles. The molecule has 0 aliphatic carbocycles. The van der Waals surface area contributed by atoms with Crippen LogP contribution in [0, 0.1) is 5.92 Å². The quantitative estimate of drug-likeness (QED) is 0.465. The van der Waals surface area contributed by atoms with Gasteiger partial charge in [0.1, 0.15) is 5.83 Å². The highest BCUT2D eigenvalue weighted by Crippen LogP contribution is 2.11. The SMILES string of the molecule is C=C/C(=C\C=C(\F)CCl)C(C)C. The average Bonchev–Trinajstić information content (AvgIpc) is 2.04. The van der Waals surface area contributed by atoms with Crippen molar-refractivity contribution in [2.24, 2.45) is 5.92 Å². The molecule has 0 aliphatic rings. The van der Waals surface area contributed by atoms with E-state index in [0.29, 0.717) is 5.92 Å². The summed E-state index contributed by atoms with van der Waals surface area (Å²) in [5.74, 6) is -0.0301. The molecule has 68 valence electrons. The molecule has 0 amide bonds. The summed E-state index contributed by atoms with van der Waals surface area (Å²) in [6, 6.07) is 0. The van der Waals surface area contributed by atoms with E-state index < -0.39 is 0 Å². The first kappa shape index (κ1) is 11.4. The predicted octanol–water partition coefficient (Wildman–Crippen LogP) is 3.85. The molecule has 0 bridgehead atoms. The zero-order valence-corrected chi connectivity index (χ0v) is 8.24. The highest BCUT2D eigenvalue weighted by molar-refractivity contribution is 6.19. The van der Waals surface area contributed by atoms with Crippen LogP contribution in [0.1, 0.15) is 13.8 Å². The fourth-order valence-corrected chi connectivity index (χ4v) is 0.816. The first-order valence-electron chi connectivity index (χ1n) is 3.86. The monoisotopic (exact) mass is 188 g/mol. The van der Waals surface area contributed by atoms with E-state index in [9.17, 15) is 4.39 Å². The van der Waals surface area contributed by atoms with Crippen LogP contribution in [0.4, 0.5) is 4.39 Å². The van der Waals surface area contributed by atoms with Crippen molar-refractivity contribution in [3.8, 4) is 0 Å². The molecule has 12 heavy (non-hydrogen) atoms. The third-order valence-electron chi connectivity index (χ3n) is 1.49. The molecule has 2 heteroatoms. The molecule has 0 atom stereocenters. The van der Waals surface area contributed by atoms with Gasteiger partial charge in [-0.05, 0) is 17.6 Å². The van der Waals surface area contributed by atoms with Gasteiger partial charge in [0.2, 0.25) is 0 Å². The van der Waals surface area contributed by atoms with Crippen molar-refractivity contribution >= 4 is 11.6 Å². The third kappa shape index (κ3) is 4.35. The second-order valence-corrected chi connectivity index (χ2v) is 3.04. The van der Waals surface area contributed by atoms with E-state index >= 15 is 0 Å². The Morgan fingerprint density at radius 3 is 2.42 bits per heavy atom. The van der Waals surface area contributed by atoms with E-state index in [1.165, 1.54) is 6.08 Å². The Hall–Kier alpha value is -0.560. The molecule has 0 aromatic rings. The molecule has 0 N–H and O–H groups in total. The van der Waals surface area contributed by atoms with Crippen LogP contribution in [-0.2, 0) is 0 Å². The maximum Gasteiger partial charge on any atom is 0.115 e. The summed E-state index contributed by atoms with van der Waals surface area (Å²) in [5.41, 5.74) is 1.01. The fraction of sp³-hybridized carbons (Fsp3) is 0.400. The third-order valence-corrected chi connectivity index (χ3v) is 1.74. The predicted molar refractivity (Wildman–Crippen MR) is 53.0 cm³/mol. The summed E-state index contributed by atoms with van der Waals surface area (Å²) in [5, 5.41) is 0. The first-order chi connectivity index (χ1) is 5.61. The van der Waals surface area contributed by atoms with Crippen molar-refractivity contribution in [2.45, 2.75) is 13.8 Å². The Bertz CT molecular complexity index is 202. The first-order valence-corrected chi connectivity index (χ1v) is 4.40. The summed E-state index contributed by atoms with van der Waals surface area (Å²) in [4.78, 5) is 0. The molecule has 0 rings (SSSR count). The summed E-state index contributed by atoms with van der Waals surface area (Å²) >= 11 is 5.26. The molecule has 0 unspecified atom stereocenters. The lowest BCUT2D eigenvalue weighted by atomic mass is 10.0. The average molecular weight is 189 g/mol. The van der Waals surface area contributed by atoms with Crippen LogP contribution in [0.15, 0.2) is 36.2 Å². The lowest BCUT2D eigenvalue weighted by Crippen LogP contribution is -1.88. The van der Waals surface area contributed by atoms with E-state index in [4.69, 9.17) is 11.6 Å². The Morgan fingerprint density at radius 2 is 2.08 bits per heavy atom. The van der Waals surface area contributed by atoms with Crippen molar-refractivity contribution in [1.82, 2.24) is 0 Å². The van der Waals surface area contributed by atoms with Gasteiger partial charge in [-0.1, -0.05) is 32.6 Å². The Labute approximate surface area is 78.4 Å². The molecule has 0 saturated heterocycles. The molecule has 0 fully saturated rings. The summed E-state index contributed by atoms with van der Waals surface area (Å²) in [6.45, 7) is 7.69. The molecule has 0 aromatic heterocycles. The molecule has 0 aliphatic heterocycles. The van der Waals surface area contributed by atoms with Gasteiger partial charge in [-0.2, -0.15) is 0 Å². The van der Waals surface area contributed by atoms with E-state index in [1.54, 1.807) is 12.2 Å². The van der Waals surface area contributed by atoms with E-state index in [0.717, 1.165) is 5.57 Å². The topological polar surface area (TPSA) is 0 Å². The van der Waals surface area contributed by atoms with E-state index in [2.05, 4.69) is 6.58 Å². The van der Waals surface area contributed by atoms with Crippen molar-refractivity contribution in [2.75, 3.05) is 5.88 Å². The standard InChI is InChI=1S/C10H14ClF/c1-4-9(8(2)3)5-6-10(12)7-11/h4-6,8H,1,7H2,2-3H3/b9-5+,10-6+. The van der Waals surface area contributed by atoms with Crippen LogP contribution in [-0.4, -0.2) is 5.88 Å². The van der Waals surface area contributed by atoms with Crippen molar-refractivity contribution in [3.63, 3.8) is 0 Å². The smallest absolute Gasteiger partial charge is 0.115 e. The molecule has 0 nitrogen and oxygen atoms in total. The maximum atomic E-state index is 12.5. The number of allylic oxidation sites excluding steroid dienone is 5. The highest BCUT2D eigenvalue weighted by Gasteiger charge is 1.96. The van der Waals surface area contributed by atoms with Gasteiger partial charge in [0.05, 0.1) is 5.88 Å². The maximum absolute atomic E-state index is 12.5. The van der Waals surface area contributed by atoms with E-state index in [-0.39, 0.29) is 11.7 Å². The molecule has 0 saturated carbocycles. The zero-order chi connectivity index (χ0) is 9.56. The number of alkyl halides is 1. The number of hydrogen-bond donors (Lipinski definition) is 0. The Balaban J connectivity index is 4.40. The molecule has 0 radical (unpaired) electrons. The lowest BCUT2D eigenvalue weighted by Gasteiger charge is -2.03. The van der Waals surface area contributed by atoms with Gasteiger partial charge in [0, 0.05) is 0 Å². The molecular weight excluding hydrogens is 175 g/mol. The number of hydrogen-bond acceptors (Lipinski definition) is 0. The van der Waals surface area contributed by atoms with Crippen LogP contribution in [0.25, 0.3) is 0 Å². The van der Waals surface area contributed by atoms with Gasteiger partial charge in [0.25, 0.3) is 0 Å². The van der Waals surface area contributed by atoms with Crippen LogP contribution in [0.2, 0.25) is 0 Å². The van der Waals surface area contributed by atoms with Crippen LogP contribution in [0.3, 0.4) is 0 Å². The van der Waals surface area contributed by atoms with Gasteiger partial charge < -0.3 is 0 Å². The van der Waals surface area contributed by atoms with Crippen molar-refractivity contribution in [3.05, 3.63) is 36.2 Å². The summed E-state index contributed by atoms with van der Waals surface area (Å²) in [6.07, 6.45) is 4.81. The largest absolute Gasteiger partial charge is 0.210 e. The van der Waals surface area contributed by atoms with Gasteiger partial charge in [-0.25, -0.2) is 4.39 Å². The van der Waals surface area contributed by atoms with Gasteiger partial charge >= 0.3 is 0 Å². The molecule has 0 spiro atoms. The Kier molecular flexibility index (Phi) is 5.73. The summed E-state index contributed by atoms with van der Waals surface area (Å²) < 4.78 is 12.5. The van der Waals surface area contributed by atoms with Crippen LogP contribution >= 0.6 is 11.6 Å². The minimum absolute atomic E-state index is 0.0704. The highest BCUT2D eigenvalue weighted by atomic mass is 35.5. The fourth-order valence-electron chi connectivity index (χ4n) is 0.727. The van der Waals surface area contributed by atoms with Crippen molar-refractivity contribution < 1.29 is 4.39 Å². The minimum atomic E-state index is -0.323. The van der Waals surface area contributed by atoms with Gasteiger partial charge in [-0.3, -0.25) is 0 Å². The van der Waals surface area contributed by atoms with Gasteiger partial charge in [0.15, 0.2) is 0 Å². The normalized spacial score (nSPS) is 13.8.